The number of hydrogen-bond donors (Lipinski definition) is 1. The van der Waals surface area contributed by atoms with E-state index in [1.165, 1.54) is 5.57 Å². The highest BCUT2D eigenvalue weighted by atomic mass is 35.5. The molecule has 0 unspecified atom stereocenters. The van der Waals surface area contributed by atoms with Gasteiger partial charge in [0, 0.05) is 30.7 Å². The van der Waals surface area contributed by atoms with Crippen LogP contribution in [0.5, 0.6) is 0 Å². The van der Waals surface area contributed by atoms with E-state index in [4.69, 9.17) is 11.6 Å². The molecule has 0 amide bonds. The summed E-state index contributed by atoms with van der Waals surface area (Å²) in [6.45, 7) is 11.0. The molecule has 100 valence electrons. The van der Waals surface area contributed by atoms with Crippen molar-refractivity contribution in [2.75, 3.05) is 20.1 Å². The standard InChI is InChI=1S/C15H23ClN2/c1-12(2)17-9-13(3)10-18(4)11-14-7-5-6-8-15(14)16/h5-8,12,17H,3,9-11H2,1-2,4H3. The summed E-state index contributed by atoms with van der Waals surface area (Å²) in [4.78, 5) is 2.23. The van der Waals surface area contributed by atoms with E-state index < -0.39 is 0 Å². The Labute approximate surface area is 116 Å². The van der Waals surface area contributed by atoms with Crippen molar-refractivity contribution in [2.24, 2.45) is 0 Å². The van der Waals surface area contributed by atoms with E-state index in [1.807, 2.05) is 18.2 Å². The van der Waals surface area contributed by atoms with Crippen LogP contribution in [0.15, 0.2) is 36.4 Å². The van der Waals surface area contributed by atoms with Crippen molar-refractivity contribution in [3.05, 3.63) is 47.0 Å². The lowest BCUT2D eigenvalue weighted by molar-refractivity contribution is 0.351. The summed E-state index contributed by atoms with van der Waals surface area (Å²) in [6.07, 6.45) is 0. The molecule has 18 heavy (non-hydrogen) atoms. The Morgan fingerprint density at radius 1 is 1.39 bits per heavy atom. The molecule has 3 heteroatoms. The van der Waals surface area contributed by atoms with Gasteiger partial charge < -0.3 is 5.32 Å². The molecule has 0 atom stereocenters. The van der Waals surface area contributed by atoms with Gasteiger partial charge in [0.25, 0.3) is 0 Å². The van der Waals surface area contributed by atoms with Crippen LogP contribution in [0.1, 0.15) is 19.4 Å². The van der Waals surface area contributed by atoms with Crippen LogP contribution in [0, 0.1) is 0 Å². The molecular weight excluding hydrogens is 244 g/mol. The highest BCUT2D eigenvalue weighted by Crippen LogP contribution is 2.16. The average Bonchev–Trinajstić information content (AvgIpc) is 2.29. The number of likely N-dealkylation sites (N-methyl/N-ethyl adjacent to an activating group) is 1. The Morgan fingerprint density at radius 2 is 2.06 bits per heavy atom. The number of halogens is 1. The number of nitrogens with zero attached hydrogens (tertiary/aromatic N) is 1. The van der Waals surface area contributed by atoms with Gasteiger partial charge in [0.15, 0.2) is 0 Å². The zero-order valence-corrected chi connectivity index (χ0v) is 12.3. The first-order valence-electron chi connectivity index (χ1n) is 6.31. The first kappa shape index (κ1) is 15.2. The van der Waals surface area contributed by atoms with Crippen LogP contribution in [0.4, 0.5) is 0 Å². The maximum Gasteiger partial charge on any atom is 0.0451 e. The molecule has 2 nitrogen and oxygen atoms in total. The summed E-state index contributed by atoms with van der Waals surface area (Å²) in [7, 11) is 2.09. The van der Waals surface area contributed by atoms with Gasteiger partial charge in [0.05, 0.1) is 0 Å². The molecule has 0 heterocycles. The third-order valence-electron chi connectivity index (χ3n) is 2.65. The van der Waals surface area contributed by atoms with Gasteiger partial charge >= 0.3 is 0 Å². The van der Waals surface area contributed by atoms with Crippen LogP contribution < -0.4 is 5.32 Å². The second-order valence-electron chi connectivity index (χ2n) is 5.05. The number of rotatable bonds is 7. The molecule has 0 bridgehead atoms. The van der Waals surface area contributed by atoms with E-state index >= 15 is 0 Å². The highest BCUT2D eigenvalue weighted by Gasteiger charge is 2.05. The zero-order chi connectivity index (χ0) is 13.5. The highest BCUT2D eigenvalue weighted by molar-refractivity contribution is 6.31. The summed E-state index contributed by atoms with van der Waals surface area (Å²) < 4.78 is 0. The minimum absolute atomic E-state index is 0.496. The van der Waals surface area contributed by atoms with Crippen LogP contribution in [0.3, 0.4) is 0 Å². The molecule has 0 aromatic heterocycles. The molecule has 0 aliphatic carbocycles. The van der Waals surface area contributed by atoms with Crippen molar-refractivity contribution in [1.82, 2.24) is 10.2 Å². The van der Waals surface area contributed by atoms with Crippen molar-refractivity contribution in [3.8, 4) is 0 Å². The Morgan fingerprint density at radius 3 is 2.67 bits per heavy atom. The van der Waals surface area contributed by atoms with Gasteiger partial charge in [0.1, 0.15) is 0 Å². The van der Waals surface area contributed by atoms with Crippen LogP contribution in [-0.4, -0.2) is 31.1 Å². The Bertz CT molecular complexity index is 388. The number of hydrogen-bond acceptors (Lipinski definition) is 2. The van der Waals surface area contributed by atoms with Crippen molar-refractivity contribution in [3.63, 3.8) is 0 Å². The molecule has 0 saturated heterocycles. The zero-order valence-electron chi connectivity index (χ0n) is 11.5. The van der Waals surface area contributed by atoms with E-state index in [2.05, 4.69) is 43.8 Å². The normalized spacial score (nSPS) is 11.2. The average molecular weight is 267 g/mol. The quantitative estimate of drug-likeness (QED) is 0.762. The molecule has 0 aliphatic heterocycles. The Kier molecular flexibility index (Phi) is 6.41. The fraction of sp³-hybridized carbons (Fsp3) is 0.467. The topological polar surface area (TPSA) is 15.3 Å². The molecule has 0 saturated carbocycles. The van der Waals surface area contributed by atoms with Gasteiger partial charge in [-0.15, -0.1) is 0 Å². The second-order valence-corrected chi connectivity index (χ2v) is 5.46. The van der Waals surface area contributed by atoms with E-state index in [0.29, 0.717) is 6.04 Å². The van der Waals surface area contributed by atoms with E-state index in [-0.39, 0.29) is 0 Å². The van der Waals surface area contributed by atoms with Crippen LogP contribution in [0.25, 0.3) is 0 Å². The third-order valence-corrected chi connectivity index (χ3v) is 3.02. The maximum atomic E-state index is 6.15. The molecule has 0 aliphatic rings. The van der Waals surface area contributed by atoms with E-state index in [9.17, 15) is 0 Å². The summed E-state index contributed by atoms with van der Waals surface area (Å²) >= 11 is 6.15. The van der Waals surface area contributed by atoms with Gasteiger partial charge in [0.2, 0.25) is 0 Å². The number of nitrogens with one attached hydrogen (secondary N) is 1. The minimum Gasteiger partial charge on any atom is -0.311 e. The fourth-order valence-corrected chi connectivity index (χ4v) is 1.95. The molecule has 1 aromatic carbocycles. The monoisotopic (exact) mass is 266 g/mol. The summed E-state index contributed by atoms with van der Waals surface area (Å²) in [6, 6.07) is 8.46. The predicted octanol–water partition coefficient (Wildman–Crippen LogP) is 3.33. The lowest BCUT2D eigenvalue weighted by atomic mass is 10.2. The molecule has 1 rings (SSSR count). The van der Waals surface area contributed by atoms with Crippen LogP contribution >= 0.6 is 11.6 Å². The number of benzene rings is 1. The first-order valence-corrected chi connectivity index (χ1v) is 6.69. The van der Waals surface area contributed by atoms with E-state index in [0.717, 1.165) is 30.2 Å². The summed E-state index contributed by atoms with van der Waals surface area (Å²) in [5.41, 5.74) is 2.35. The molecule has 0 spiro atoms. The maximum absolute atomic E-state index is 6.15. The van der Waals surface area contributed by atoms with Gasteiger partial charge in [-0.25, -0.2) is 0 Å². The largest absolute Gasteiger partial charge is 0.311 e. The molecular formula is C15H23ClN2. The van der Waals surface area contributed by atoms with Crippen molar-refractivity contribution in [1.29, 1.82) is 0 Å². The van der Waals surface area contributed by atoms with Crippen LogP contribution in [-0.2, 0) is 6.54 Å². The Hall–Kier alpha value is -0.830. The summed E-state index contributed by atoms with van der Waals surface area (Å²) in [5.74, 6) is 0. The first-order chi connectivity index (χ1) is 8.49. The third kappa shape index (κ3) is 5.67. The smallest absolute Gasteiger partial charge is 0.0451 e. The van der Waals surface area contributed by atoms with Crippen molar-refractivity contribution in [2.45, 2.75) is 26.4 Å². The minimum atomic E-state index is 0.496. The van der Waals surface area contributed by atoms with Crippen LogP contribution in [0.2, 0.25) is 5.02 Å². The van der Waals surface area contributed by atoms with Gasteiger partial charge in [-0.2, -0.15) is 0 Å². The van der Waals surface area contributed by atoms with Crippen molar-refractivity contribution >= 4 is 11.6 Å². The lowest BCUT2D eigenvalue weighted by Gasteiger charge is -2.19. The Balaban J connectivity index is 2.40. The SMILES string of the molecule is C=C(CNC(C)C)CN(C)Cc1ccccc1Cl. The van der Waals surface area contributed by atoms with Gasteiger partial charge in [-0.3, -0.25) is 4.90 Å². The fourth-order valence-electron chi connectivity index (χ4n) is 1.76. The van der Waals surface area contributed by atoms with Crippen molar-refractivity contribution < 1.29 is 0 Å². The molecule has 1 N–H and O–H groups in total. The van der Waals surface area contributed by atoms with Gasteiger partial charge in [-0.05, 0) is 24.3 Å². The molecule has 0 fully saturated rings. The van der Waals surface area contributed by atoms with Gasteiger partial charge in [-0.1, -0.05) is 50.2 Å². The lowest BCUT2D eigenvalue weighted by Crippen LogP contribution is -2.29. The molecule has 1 aromatic rings. The predicted molar refractivity (Wildman–Crippen MR) is 80.1 cm³/mol. The summed E-state index contributed by atoms with van der Waals surface area (Å²) in [5, 5.41) is 4.20. The van der Waals surface area contributed by atoms with E-state index in [1.54, 1.807) is 0 Å². The molecule has 0 radical (unpaired) electrons. The second kappa shape index (κ2) is 7.57.